The van der Waals surface area contributed by atoms with Crippen LogP contribution in [0, 0.1) is 5.41 Å². The third-order valence-electron chi connectivity index (χ3n) is 3.53. The maximum atomic E-state index is 7.48. The average Bonchev–Trinajstić information content (AvgIpc) is 3.00. The predicted octanol–water partition coefficient (Wildman–Crippen LogP) is 2.29. The number of nitrogens with zero attached hydrogens (tertiary/aromatic N) is 4. The highest BCUT2D eigenvalue weighted by Crippen LogP contribution is 2.18. The van der Waals surface area contributed by atoms with E-state index in [4.69, 9.17) is 11.1 Å². The molecule has 0 aliphatic rings. The van der Waals surface area contributed by atoms with Crippen molar-refractivity contribution >= 4 is 45.0 Å². The molecule has 3 heterocycles. The van der Waals surface area contributed by atoms with Gasteiger partial charge in [0.25, 0.3) is 0 Å². The zero-order valence-corrected chi connectivity index (χ0v) is 15.1. The second-order valence-corrected chi connectivity index (χ2v) is 6.03. The quantitative estimate of drug-likeness (QED) is 0.471. The number of nitrogens with one attached hydrogen (secondary N) is 3. The van der Waals surface area contributed by atoms with Crippen molar-refractivity contribution in [2.75, 3.05) is 18.1 Å². The second-order valence-electron chi connectivity index (χ2n) is 5.22. The normalized spacial score (nSPS) is 11.5. The van der Waals surface area contributed by atoms with Gasteiger partial charge in [0.15, 0.2) is 11.6 Å². The standard InChI is InChI=1S/C16H17BrN8/c1-20-6-11(4-18)12-7-22-15(19)16(24-12)23-5-10-2-3-14-21-8-13(17)25(14)9-10/h2-4,6-9,18,20H,5H2,1H3,(H2,19,22)(H,23,24)/b11-6+,18-4?. The Morgan fingerprint density at radius 2 is 2.20 bits per heavy atom. The highest BCUT2D eigenvalue weighted by Gasteiger charge is 2.08. The zero-order valence-electron chi connectivity index (χ0n) is 13.5. The molecule has 3 rings (SSSR count). The summed E-state index contributed by atoms with van der Waals surface area (Å²) in [7, 11) is 1.76. The first-order valence-electron chi connectivity index (χ1n) is 7.48. The van der Waals surface area contributed by atoms with E-state index < -0.39 is 0 Å². The van der Waals surface area contributed by atoms with E-state index >= 15 is 0 Å². The van der Waals surface area contributed by atoms with E-state index in [0.717, 1.165) is 15.8 Å². The number of hydrogen-bond donors (Lipinski definition) is 4. The van der Waals surface area contributed by atoms with Crippen molar-refractivity contribution in [2.24, 2.45) is 0 Å². The molecular weight excluding hydrogens is 384 g/mol. The molecule has 128 valence electrons. The molecule has 0 bridgehead atoms. The van der Waals surface area contributed by atoms with Crippen LogP contribution in [0.5, 0.6) is 0 Å². The van der Waals surface area contributed by atoms with Gasteiger partial charge < -0.3 is 21.8 Å². The van der Waals surface area contributed by atoms with Crippen molar-refractivity contribution in [1.82, 2.24) is 24.7 Å². The molecule has 0 saturated heterocycles. The highest BCUT2D eigenvalue weighted by atomic mass is 79.9. The Kier molecular flexibility index (Phi) is 4.94. The molecule has 0 saturated carbocycles. The summed E-state index contributed by atoms with van der Waals surface area (Å²) in [6.45, 7) is 0.526. The Hall–Kier alpha value is -2.94. The summed E-state index contributed by atoms with van der Waals surface area (Å²) in [6, 6.07) is 3.93. The first kappa shape index (κ1) is 16.9. The number of halogens is 1. The number of nitrogen functional groups attached to an aromatic ring is 1. The van der Waals surface area contributed by atoms with Crippen molar-refractivity contribution in [3.05, 3.63) is 52.8 Å². The fourth-order valence-corrected chi connectivity index (χ4v) is 2.68. The van der Waals surface area contributed by atoms with Crippen LogP contribution in [-0.4, -0.2) is 32.6 Å². The van der Waals surface area contributed by atoms with Gasteiger partial charge in [0.1, 0.15) is 10.3 Å². The molecular formula is C16H17BrN8. The molecule has 0 fully saturated rings. The lowest BCUT2D eigenvalue weighted by atomic mass is 10.2. The van der Waals surface area contributed by atoms with E-state index in [-0.39, 0.29) is 0 Å². The maximum Gasteiger partial charge on any atom is 0.169 e. The van der Waals surface area contributed by atoms with Crippen LogP contribution < -0.4 is 16.4 Å². The Bertz CT molecular complexity index is 946. The van der Waals surface area contributed by atoms with Gasteiger partial charge in [-0.2, -0.15) is 0 Å². The van der Waals surface area contributed by atoms with Crippen LogP contribution >= 0.6 is 15.9 Å². The minimum Gasteiger partial charge on any atom is -0.393 e. The number of pyridine rings is 1. The van der Waals surface area contributed by atoms with Gasteiger partial charge in [0, 0.05) is 37.8 Å². The van der Waals surface area contributed by atoms with Crippen LogP contribution in [0.25, 0.3) is 11.2 Å². The van der Waals surface area contributed by atoms with E-state index in [2.05, 4.69) is 41.5 Å². The molecule has 0 aromatic carbocycles. The van der Waals surface area contributed by atoms with Crippen molar-refractivity contribution in [3.8, 4) is 0 Å². The highest BCUT2D eigenvalue weighted by molar-refractivity contribution is 9.10. The number of imidazole rings is 1. The molecule has 0 amide bonds. The van der Waals surface area contributed by atoms with Gasteiger partial charge in [-0.15, -0.1) is 0 Å². The first-order valence-corrected chi connectivity index (χ1v) is 8.28. The summed E-state index contributed by atoms with van der Waals surface area (Å²) in [4.78, 5) is 12.9. The van der Waals surface area contributed by atoms with E-state index in [1.54, 1.807) is 25.6 Å². The van der Waals surface area contributed by atoms with E-state index in [0.29, 0.717) is 29.4 Å². The molecule has 3 aromatic rings. The van der Waals surface area contributed by atoms with Crippen LogP contribution in [0.15, 0.2) is 41.5 Å². The SMILES string of the molecule is CN/C=C(\C=N)c1cnc(N)c(NCc2ccc3ncc(Br)n3c2)n1. The fraction of sp³-hybridized carbons (Fsp3) is 0.125. The number of fused-ring (bicyclic) bond motifs is 1. The van der Waals surface area contributed by atoms with Crippen molar-refractivity contribution in [2.45, 2.75) is 6.54 Å². The maximum absolute atomic E-state index is 7.48. The van der Waals surface area contributed by atoms with Gasteiger partial charge in [-0.05, 0) is 27.6 Å². The molecule has 0 aliphatic carbocycles. The van der Waals surface area contributed by atoms with Crippen LogP contribution in [0.2, 0.25) is 0 Å². The number of anilines is 2. The van der Waals surface area contributed by atoms with Gasteiger partial charge in [-0.1, -0.05) is 6.07 Å². The number of nitrogens with two attached hydrogens (primary N) is 1. The summed E-state index contributed by atoms with van der Waals surface area (Å²) >= 11 is 3.46. The van der Waals surface area contributed by atoms with Gasteiger partial charge in [0.2, 0.25) is 0 Å². The van der Waals surface area contributed by atoms with Gasteiger partial charge in [-0.25, -0.2) is 15.0 Å². The monoisotopic (exact) mass is 400 g/mol. The summed E-state index contributed by atoms with van der Waals surface area (Å²) in [6.07, 6.45) is 8.18. The molecule has 0 aliphatic heterocycles. The smallest absolute Gasteiger partial charge is 0.169 e. The number of rotatable bonds is 6. The van der Waals surface area contributed by atoms with Crippen LogP contribution in [0.1, 0.15) is 11.3 Å². The summed E-state index contributed by atoms with van der Waals surface area (Å²) in [5.74, 6) is 0.786. The molecule has 25 heavy (non-hydrogen) atoms. The fourth-order valence-electron chi connectivity index (χ4n) is 2.30. The predicted molar refractivity (Wildman–Crippen MR) is 102 cm³/mol. The zero-order chi connectivity index (χ0) is 17.8. The Morgan fingerprint density at radius 1 is 1.36 bits per heavy atom. The molecule has 5 N–H and O–H groups in total. The average molecular weight is 401 g/mol. The topological polar surface area (TPSA) is 117 Å². The second kappa shape index (κ2) is 7.31. The van der Waals surface area contributed by atoms with Gasteiger partial charge in [-0.3, -0.25) is 4.40 Å². The van der Waals surface area contributed by atoms with Gasteiger partial charge >= 0.3 is 0 Å². The molecule has 3 aromatic heterocycles. The van der Waals surface area contributed by atoms with Crippen molar-refractivity contribution in [1.29, 1.82) is 5.41 Å². The number of hydrogen-bond acceptors (Lipinski definition) is 7. The number of allylic oxidation sites excluding steroid dienone is 1. The Morgan fingerprint density at radius 3 is 2.96 bits per heavy atom. The molecule has 9 heteroatoms. The Labute approximate surface area is 152 Å². The van der Waals surface area contributed by atoms with Crippen LogP contribution in [0.3, 0.4) is 0 Å². The minimum absolute atomic E-state index is 0.308. The van der Waals surface area contributed by atoms with Crippen LogP contribution in [0.4, 0.5) is 11.6 Å². The summed E-state index contributed by atoms with van der Waals surface area (Å²) in [5.41, 5.74) is 9.00. The largest absolute Gasteiger partial charge is 0.393 e. The lowest BCUT2D eigenvalue weighted by molar-refractivity contribution is 1.04. The van der Waals surface area contributed by atoms with E-state index in [9.17, 15) is 0 Å². The lowest BCUT2D eigenvalue weighted by Crippen LogP contribution is -2.09. The summed E-state index contributed by atoms with van der Waals surface area (Å²) in [5, 5.41) is 13.6. The first-order chi connectivity index (χ1) is 12.1. The van der Waals surface area contributed by atoms with Crippen molar-refractivity contribution in [3.63, 3.8) is 0 Å². The van der Waals surface area contributed by atoms with Crippen molar-refractivity contribution < 1.29 is 0 Å². The molecule has 0 spiro atoms. The molecule has 0 atom stereocenters. The van der Waals surface area contributed by atoms with Gasteiger partial charge in [0.05, 0.1) is 18.1 Å². The number of aromatic nitrogens is 4. The molecule has 8 nitrogen and oxygen atoms in total. The van der Waals surface area contributed by atoms with Crippen LogP contribution in [-0.2, 0) is 6.54 Å². The molecule has 0 radical (unpaired) electrons. The lowest BCUT2D eigenvalue weighted by Gasteiger charge is -2.10. The summed E-state index contributed by atoms with van der Waals surface area (Å²) < 4.78 is 2.84. The minimum atomic E-state index is 0.308. The Balaban J connectivity index is 1.83. The third kappa shape index (κ3) is 3.61. The van der Waals surface area contributed by atoms with E-state index in [1.807, 2.05) is 22.7 Å². The third-order valence-corrected chi connectivity index (χ3v) is 4.12. The van der Waals surface area contributed by atoms with E-state index in [1.165, 1.54) is 6.21 Å². The molecule has 0 unspecified atom stereocenters.